The first-order valence-electron chi connectivity index (χ1n) is 6.56. The lowest BCUT2D eigenvalue weighted by Gasteiger charge is -2.09. The van der Waals surface area contributed by atoms with E-state index in [1.54, 1.807) is 6.07 Å². The highest BCUT2D eigenvalue weighted by atomic mass is 19.1. The van der Waals surface area contributed by atoms with E-state index in [2.05, 4.69) is 10.1 Å². The summed E-state index contributed by atoms with van der Waals surface area (Å²) in [6, 6.07) is 4.51. The Hall–Kier alpha value is -1.95. The van der Waals surface area contributed by atoms with E-state index in [1.807, 2.05) is 13.8 Å². The summed E-state index contributed by atoms with van der Waals surface area (Å²) in [5.41, 5.74) is 6.51. The molecular formula is C14H18FN3O2. The van der Waals surface area contributed by atoms with Gasteiger partial charge in [-0.2, -0.15) is 4.98 Å². The predicted octanol–water partition coefficient (Wildman–Crippen LogP) is 2.24. The van der Waals surface area contributed by atoms with Crippen LogP contribution in [0.1, 0.15) is 31.1 Å². The minimum absolute atomic E-state index is 0.0345. The molecule has 0 spiro atoms. The number of nitrogens with two attached hydrogens (primary N) is 1. The highest BCUT2D eigenvalue weighted by Gasteiger charge is 2.08. The van der Waals surface area contributed by atoms with Crippen LogP contribution in [-0.2, 0) is 19.4 Å². The van der Waals surface area contributed by atoms with Crippen LogP contribution in [0.25, 0.3) is 0 Å². The molecule has 2 rings (SSSR count). The van der Waals surface area contributed by atoms with Gasteiger partial charge >= 0.3 is 0 Å². The molecule has 0 fully saturated rings. The number of benzene rings is 1. The van der Waals surface area contributed by atoms with Crippen molar-refractivity contribution < 1.29 is 13.7 Å². The molecule has 2 N–H and O–H groups in total. The molecule has 2 aromatic rings. The topological polar surface area (TPSA) is 74.2 Å². The predicted molar refractivity (Wildman–Crippen MR) is 71.8 cm³/mol. The van der Waals surface area contributed by atoms with Crippen LogP contribution in [0.4, 0.5) is 4.39 Å². The van der Waals surface area contributed by atoms with Crippen LogP contribution in [0.15, 0.2) is 22.7 Å². The number of halogens is 1. The maximum Gasteiger partial charge on any atom is 0.264 e. The number of hydrogen-bond donors (Lipinski definition) is 1. The molecule has 1 heterocycles. The molecule has 1 unspecified atom stereocenters. The number of aromatic nitrogens is 2. The van der Waals surface area contributed by atoms with Gasteiger partial charge in [-0.25, -0.2) is 4.39 Å². The summed E-state index contributed by atoms with van der Waals surface area (Å²) < 4.78 is 24.0. The lowest BCUT2D eigenvalue weighted by atomic mass is 10.1. The normalized spacial score (nSPS) is 12.4. The van der Waals surface area contributed by atoms with E-state index in [1.165, 1.54) is 12.1 Å². The molecule has 0 aliphatic rings. The Balaban J connectivity index is 2.03. The third kappa shape index (κ3) is 4.03. The van der Waals surface area contributed by atoms with Crippen LogP contribution in [0.5, 0.6) is 5.75 Å². The first-order chi connectivity index (χ1) is 9.56. The summed E-state index contributed by atoms with van der Waals surface area (Å²) >= 11 is 0. The quantitative estimate of drug-likeness (QED) is 0.877. The summed E-state index contributed by atoms with van der Waals surface area (Å²) in [6.45, 7) is 3.92. The molecule has 0 amide bonds. The van der Waals surface area contributed by atoms with Crippen molar-refractivity contribution in [2.75, 3.05) is 0 Å². The van der Waals surface area contributed by atoms with Crippen molar-refractivity contribution in [2.45, 2.75) is 39.3 Å². The third-order valence-electron chi connectivity index (χ3n) is 2.68. The number of nitrogens with zero attached hydrogens (tertiary/aromatic N) is 2. The van der Waals surface area contributed by atoms with Crippen LogP contribution in [0.2, 0.25) is 0 Å². The molecule has 0 bridgehead atoms. The van der Waals surface area contributed by atoms with Crippen molar-refractivity contribution in [2.24, 2.45) is 5.73 Å². The third-order valence-corrected chi connectivity index (χ3v) is 2.68. The van der Waals surface area contributed by atoms with Gasteiger partial charge in [0.2, 0.25) is 0 Å². The van der Waals surface area contributed by atoms with Gasteiger partial charge in [-0.05, 0) is 31.0 Å². The molecule has 6 heteroatoms. The molecule has 5 nitrogen and oxygen atoms in total. The van der Waals surface area contributed by atoms with Gasteiger partial charge in [-0.1, -0.05) is 12.1 Å². The Bertz CT molecular complexity index is 569. The molecule has 0 aliphatic heterocycles. The average molecular weight is 279 g/mol. The van der Waals surface area contributed by atoms with E-state index in [4.69, 9.17) is 15.0 Å². The first-order valence-corrected chi connectivity index (χ1v) is 6.56. The zero-order valence-electron chi connectivity index (χ0n) is 11.6. The summed E-state index contributed by atoms with van der Waals surface area (Å²) in [6.07, 6.45) is 1.29. The van der Waals surface area contributed by atoms with E-state index in [0.717, 1.165) is 5.56 Å². The number of hydrogen-bond acceptors (Lipinski definition) is 5. The highest BCUT2D eigenvalue weighted by Crippen LogP contribution is 2.18. The van der Waals surface area contributed by atoms with Gasteiger partial charge in [0.1, 0.15) is 11.6 Å². The van der Waals surface area contributed by atoms with Crippen LogP contribution in [0.3, 0.4) is 0 Å². The zero-order valence-corrected chi connectivity index (χ0v) is 11.6. The minimum Gasteiger partial charge on any atom is -0.484 e. The Kier molecular flexibility index (Phi) is 4.68. The molecule has 0 saturated heterocycles. The molecular weight excluding hydrogens is 261 g/mol. The standard InChI is InChI=1S/C14H18FN3O2/c1-3-13-17-14(20-18-13)8-19-12-6-10(4-9(2)16)5-11(15)7-12/h5-7,9H,3-4,8,16H2,1-2H3. The van der Waals surface area contributed by atoms with Crippen molar-refractivity contribution in [1.82, 2.24) is 10.1 Å². The highest BCUT2D eigenvalue weighted by molar-refractivity contribution is 5.30. The Morgan fingerprint density at radius 1 is 1.40 bits per heavy atom. The zero-order chi connectivity index (χ0) is 14.5. The fourth-order valence-corrected chi connectivity index (χ4v) is 1.83. The molecule has 108 valence electrons. The molecule has 0 aliphatic carbocycles. The van der Waals surface area contributed by atoms with E-state index in [9.17, 15) is 4.39 Å². The van der Waals surface area contributed by atoms with Gasteiger partial charge < -0.3 is 15.0 Å². The maximum absolute atomic E-state index is 13.5. The van der Waals surface area contributed by atoms with Gasteiger partial charge in [0.15, 0.2) is 12.4 Å². The van der Waals surface area contributed by atoms with Gasteiger partial charge in [0.25, 0.3) is 5.89 Å². The van der Waals surface area contributed by atoms with Crippen molar-refractivity contribution in [3.05, 3.63) is 41.3 Å². The van der Waals surface area contributed by atoms with Crippen LogP contribution < -0.4 is 10.5 Å². The Morgan fingerprint density at radius 3 is 2.85 bits per heavy atom. The second kappa shape index (κ2) is 6.47. The lowest BCUT2D eigenvalue weighted by molar-refractivity contribution is 0.241. The van der Waals surface area contributed by atoms with Crippen LogP contribution >= 0.6 is 0 Å². The van der Waals surface area contributed by atoms with Crippen molar-refractivity contribution in [3.63, 3.8) is 0 Å². The largest absolute Gasteiger partial charge is 0.484 e. The second-order valence-corrected chi connectivity index (χ2v) is 4.72. The first kappa shape index (κ1) is 14.5. The van der Waals surface area contributed by atoms with Gasteiger partial charge in [-0.3, -0.25) is 0 Å². The lowest BCUT2D eigenvalue weighted by Crippen LogP contribution is -2.17. The SMILES string of the molecule is CCc1noc(COc2cc(F)cc(CC(C)N)c2)n1. The molecule has 0 radical (unpaired) electrons. The number of rotatable bonds is 6. The van der Waals surface area contributed by atoms with Gasteiger partial charge in [0, 0.05) is 18.5 Å². The summed E-state index contributed by atoms with van der Waals surface area (Å²) in [4.78, 5) is 4.12. The average Bonchev–Trinajstić information content (AvgIpc) is 2.83. The van der Waals surface area contributed by atoms with Crippen LogP contribution in [-0.4, -0.2) is 16.2 Å². The minimum atomic E-state index is -0.349. The van der Waals surface area contributed by atoms with E-state index in [-0.39, 0.29) is 18.5 Å². The monoisotopic (exact) mass is 279 g/mol. The fraction of sp³-hybridized carbons (Fsp3) is 0.429. The molecule has 1 aromatic heterocycles. The molecule has 20 heavy (non-hydrogen) atoms. The summed E-state index contributed by atoms with van der Waals surface area (Å²) in [5.74, 6) is 1.08. The smallest absolute Gasteiger partial charge is 0.264 e. The molecule has 0 saturated carbocycles. The molecule has 1 atom stereocenters. The Morgan fingerprint density at radius 2 is 2.20 bits per heavy atom. The van der Waals surface area contributed by atoms with Gasteiger partial charge in [0.05, 0.1) is 0 Å². The fourth-order valence-electron chi connectivity index (χ4n) is 1.83. The van der Waals surface area contributed by atoms with Crippen molar-refractivity contribution in [3.8, 4) is 5.75 Å². The van der Waals surface area contributed by atoms with E-state index in [0.29, 0.717) is 30.3 Å². The van der Waals surface area contributed by atoms with Gasteiger partial charge in [-0.15, -0.1) is 0 Å². The molecule has 1 aromatic carbocycles. The number of ether oxygens (including phenoxy) is 1. The summed E-state index contributed by atoms with van der Waals surface area (Å²) in [7, 11) is 0. The summed E-state index contributed by atoms with van der Waals surface area (Å²) in [5, 5.41) is 3.76. The van der Waals surface area contributed by atoms with E-state index >= 15 is 0 Å². The Labute approximate surface area is 116 Å². The van der Waals surface area contributed by atoms with Crippen molar-refractivity contribution in [1.29, 1.82) is 0 Å². The maximum atomic E-state index is 13.5. The van der Waals surface area contributed by atoms with E-state index < -0.39 is 0 Å². The number of aryl methyl sites for hydroxylation is 1. The van der Waals surface area contributed by atoms with Crippen molar-refractivity contribution >= 4 is 0 Å². The van der Waals surface area contributed by atoms with Crippen LogP contribution in [0, 0.1) is 5.82 Å². The second-order valence-electron chi connectivity index (χ2n) is 4.72.